The first kappa shape index (κ1) is 14.5. The number of hydrogen-bond acceptors (Lipinski definition) is 3. The highest BCUT2D eigenvalue weighted by Crippen LogP contribution is 2.39. The van der Waals surface area contributed by atoms with Gasteiger partial charge in [0.1, 0.15) is 0 Å². The van der Waals surface area contributed by atoms with Gasteiger partial charge in [-0.2, -0.15) is 0 Å². The Morgan fingerprint density at radius 1 is 1.35 bits per heavy atom. The molecule has 1 atom stereocenters. The highest BCUT2D eigenvalue weighted by atomic mass is 16.3. The van der Waals surface area contributed by atoms with Crippen LogP contribution in [0, 0.1) is 11.3 Å². The molecule has 0 saturated heterocycles. The molecule has 4 heteroatoms. The number of amides is 1. The van der Waals surface area contributed by atoms with Crippen molar-refractivity contribution in [2.24, 2.45) is 17.1 Å². The van der Waals surface area contributed by atoms with Crippen molar-refractivity contribution in [2.45, 2.75) is 52.1 Å². The summed E-state index contributed by atoms with van der Waals surface area (Å²) in [6, 6.07) is 0. The average molecular weight is 242 g/mol. The molecule has 0 aromatic carbocycles. The Balaban J connectivity index is 2.30. The van der Waals surface area contributed by atoms with Gasteiger partial charge in [-0.15, -0.1) is 0 Å². The van der Waals surface area contributed by atoms with Crippen LogP contribution in [-0.4, -0.2) is 29.7 Å². The number of nitrogens with one attached hydrogen (secondary N) is 1. The maximum Gasteiger partial charge on any atom is 0.221 e. The molecule has 1 aliphatic carbocycles. The molecule has 0 aromatic rings. The highest BCUT2D eigenvalue weighted by molar-refractivity contribution is 5.76. The van der Waals surface area contributed by atoms with Crippen LogP contribution in [0.4, 0.5) is 0 Å². The van der Waals surface area contributed by atoms with Gasteiger partial charge in [-0.3, -0.25) is 4.79 Å². The van der Waals surface area contributed by atoms with Crippen LogP contribution in [0.15, 0.2) is 0 Å². The van der Waals surface area contributed by atoms with E-state index in [1.165, 1.54) is 0 Å². The quantitative estimate of drug-likeness (QED) is 0.674. The lowest BCUT2D eigenvalue weighted by molar-refractivity contribution is -0.121. The predicted molar refractivity (Wildman–Crippen MR) is 68.4 cm³/mol. The molecule has 0 spiro atoms. The third-order valence-corrected chi connectivity index (χ3v) is 3.92. The van der Waals surface area contributed by atoms with E-state index in [4.69, 9.17) is 5.73 Å². The Kier molecular flexibility index (Phi) is 4.55. The zero-order valence-corrected chi connectivity index (χ0v) is 11.3. The molecule has 100 valence electrons. The van der Waals surface area contributed by atoms with Gasteiger partial charge in [0.15, 0.2) is 0 Å². The molecule has 0 heterocycles. The molecule has 1 fully saturated rings. The summed E-state index contributed by atoms with van der Waals surface area (Å²) in [5.74, 6) is -0.479. The maximum absolute atomic E-state index is 10.9. The van der Waals surface area contributed by atoms with Gasteiger partial charge in [-0.1, -0.05) is 20.8 Å². The fourth-order valence-corrected chi connectivity index (χ4v) is 2.19. The minimum absolute atomic E-state index is 0.182. The van der Waals surface area contributed by atoms with Gasteiger partial charge in [-0.05, 0) is 31.1 Å². The van der Waals surface area contributed by atoms with E-state index in [2.05, 4.69) is 19.2 Å². The molecule has 0 aliphatic heterocycles. The Labute approximate surface area is 104 Å². The molecule has 1 rings (SSSR count). The van der Waals surface area contributed by atoms with Gasteiger partial charge in [0.25, 0.3) is 0 Å². The van der Waals surface area contributed by atoms with Gasteiger partial charge in [0.2, 0.25) is 5.91 Å². The topological polar surface area (TPSA) is 75.3 Å². The van der Waals surface area contributed by atoms with Crippen molar-refractivity contribution in [3.8, 4) is 0 Å². The van der Waals surface area contributed by atoms with Crippen molar-refractivity contribution in [1.82, 2.24) is 5.32 Å². The second-order valence-electron chi connectivity index (χ2n) is 6.32. The Morgan fingerprint density at radius 2 is 1.88 bits per heavy atom. The van der Waals surface area contributed by atoms with E-state index < -0.39 is 5.60 Å². The number of hydrogen-bond donors (Lipinski definition) is 3. The Hall–Kier alpha value is -0.610. The summed E-state index contributed by atoms with van der Waals surface area (Å²) in [7, 11) is 0. The van der Waals surface area contributed by atoms with E-state index >= 15 is 0 Å². The molecular weight excluding hydrogens is 216 g/mol. The lowest BCUT2D eigenvalue weighted by Crippen LogP contribution is -2.46. The standard InChI is InChI=1S/C13H26N2O2/c1-10(11(14)16)8-15-9-13(17)6-4-12(2,3)5-7-13/h10,15,17H,4-9H2,1-3H3,(H2,14,16). The molecule has 0 bridgehead atoms. The van der Waals surface area contributed by atoms with E-state index in [0.717, 1.165) is 25.7 Å². The van der Waals surface area contributed by atoms with Gasteiger partial charge < -0.3 is 16.2 Å². The molecule has 4 nitrogen and oxygen atoms in total. The van der Waals surface area contributed by atoms with Crippen LogP contribution >= 0.6 is 0 Å². The third kappa shape index (κ3) is 4.64. The van der Waals surface area contributed by atoms with Crippen molar-refractivity contribution in [2.75, 3.05) is 13.1 Å². The molecular formula is C13H26N2O2. The summed E-state index contributed by atoms with van der Waals surface area (Å²) in [6.07, 6.45) is 3.77. The van der Waals surface area contributed by atoms with Gasteiger partial charge in [0, 0.05) is 19.0 Å². The normalized spacial score (nSPS) is 24.2. The van der Waals surface area contributed by atoms with E-state index in [-0.39, 0.29) is 11.8 Å². The molecule has 17 heavy (non-hydrogen) atoms. The minimum atomic E-state index is -0.604. The van der Waals surface area contributed by atoms with Crippen molar-refractivity contribution >= 4 is 5.91 Å². The van der Waals surface area contributed by atoms with Gasteiger partial charge in [-0.25, -0.2) is 0 Å². The Morgan fingerprint density at radius 3 is 2.35 bits per heavy atom. The monoisotopic (exact) mass is 242 g/mol. The number of rotatable bonds is 5. The first-order valence-corrected chi connectivity index (χ1v) is 6.47. The highest BCUT2D eigenvalue weighted by Gasteiger charge is 2.36. The summed E-state index contributed by atoms with van der Waals surface area (Å²) in [6.45, 7) is 7.38. The van der Waals surface area contributed by atoms with E-state index in [0.29, 0.717) is 18.5 Å². The Bertz CT molecular complexity index is 267. The van der Waals surface area contributed by atoms with Crippen molar-refractivity contribution < 1.29 is 9.90 Å². The number of nitrogens with two attached hydrogens (primary N) is 1. The third-order valence-electron chi connectivity index (χ3n) is 3.92. The second kappa shape index (κ2) is 5.36. The first-order valence-electron chi connectivity index (χ1n) is 6.47. The molecule has 0 radical (unpaired) electrons. The molecule has 1 unspecified atom stereocenters. The van der Waals surface area contributed by atoms with Crippen LogP contribution in [0.5, 0.6) is 0 Å². The smallest absolute Gasteiger partial charge is 0.221 e. The van der Waals surface area contributed by atoms with Crippen molar-refractivity contribution in [3.63, 3.8) is 0 Å². The molecule has 1 amide bonds. The van der Waals surface area contributed by atoms with E-state index in [9.17, 15) is 9.90 Å². The zero-order chi connectivity index (χ0) is 13.1. The first-order chi connectivity index (χ1) is 7.74. The summed E-state index contributed by atoms with van der Waals surface area (Å²) in [5, 5.41) is 13.5. The number of carbonyl (C=O) groups excluding carboxylic acids is 1. The summed E-state index contributed by atoms with van der Waals surface area (Å²) in [5.41, 5.74) is 4.93. The van der Waals surface area contributed by atoms with Gasteiger partial charge >= 0.3 is 0 Å². The fraction of sp³-hybridized carbons (Fsp3) is 0.923. The van der Waals surface area contributed by atoms with Crippen LogP contribution in [-0.2, 0) is 4.79 Å². The van der Waals surface area contributed by atoms with Crippen molar-refractivity contribution in [1.29, 1.82) is 0 Å². The van der Waals surface area contributed by atoms with Gasteiger partial charge in [0.05, 0.1) is 5.60 Å². The number of primary amides is 1. The van der Waals surface area contributed by atoms with Crippen LogP contribution in [0.25, 0.3) is 0 Å². The molecule has 0 aromatic heterocycles. The van der Waals surface area contributed by atoms with E-state index in [1.807, 2.05) is 0 Å². The molecule has 4 N–H and O–H groups in total. The average Bonchev–Trinajstić information content (AvgIpc) is 2.23. The second-order valence-corrected chi connectivity index (χ2v) is 6.32. The minimum Gasteiger partial charge on any atom is -0.389 e. The summed E-state index contributed by atoms with van der Waals surface area (Å²) < 4.78 is 0. The van der Waals surface area contributed by atoms with Crippen LogP contribution < -0.4 is 11.1 Å². The SMILES string of the molecule is CC(CNCC1(O)CCC(C)(C)CC1)C(N)=O. The van der Waals surface area contributed by atoms with E-state index in [1.54, 1.807) is 6.92 Å². The zero-order valence-electron chi connectivity index (χ0n) is 11.3. The lowest BCUT2D eigenvalue weighted by atomic mass is 9.71. The molecule has 1 aliphatic rings. The largest absolute Gasteiger partial charge is 0.389 e. The van der Waals surface area contributed by atoms with Crippen LogP contribution in [0.1, 0.15) is 46.5 Å². The van der Waals surface area contributed by atoms with Crippen LogP contribution in [0.2, 0.25) is 0 Å². The van der Waals surface area contributed by atoms with Crippen molar-refractivity contribution in [3.05, 3.63) is 0 Å². The molecule has 1 saturated carbocycles. The van der Waals surface area contributed by atoms with Crippen LogP contribution in [0.3, 0.4) is 0 Å². The fourth-order valence-electron chi connectivity index (χ4n) is 2.19. The maximum atomic E-state index is 10.9. The number of carbonyl (C=O) groups is 1. The summed E-state index contributed by atoms with van der Waals surface area (Å²) >= 11 is 0. The predicted octanol–water partition coefficient (Wildman–Crippen LogP) is 1.03. The summed E-state index contributed by atoms with van der Waals surface area (Å²) in [4.78, 5) is 10.9. The lowest BCUT2D eigenvalue weighted by Gasteiger charge is -2.40. The number of aliphatic hydroxyl groups is 1.